The maximum absolute atomic E-state index is 14.5. The first-order chi connectivity index (χ1) is 14.5. The number of aromatic nitrogens is 1. The van der Waals surface area contributed by atoms with Crippen LogP contribution >= 0.6 is 11.8 Å². The highest BCUT2D eigenvalue weighted by molar-refractivity contribution is 7.98. The van der Waals surface area contributed by atoms with Crippen molar-refractivity contribution in [2.24, 2.45) is 0 Å². The van der Waals surface area contributed by atoms with Gasteiger partial charge in [-0.3, -0.25) is 4.98 Å². The highest BCUT2D eigenvalue weighted by Crippen LogP contribution is 2.34. The minimum absolute atomic E-state index is 0.320. The average Bonchev–Trinajstić information content (AvgIpc) is 2.76. The maximum Gasteiger partial charge on any atom is 0.127 e. The fourth-order valence-corrected chi connectivity index (χ4v) is 3.87. The van der Waals surface area contributed by atoms with Gasteiger partial charge in [-0.2, -0.15) is 0 Å². The number of hydrogen-bond acceptors (Lipinski definition) is 3. The van der Waals surface area contributed by atoms with Crippen molar-refractivity contribution in [2.75, 3.05) is 6.26 Å². The van der Waals surface area contributed by atoms with Crippen molar-refractivity contribution >= 4 is 22.7 Å². The first kappa shape index (κ1) is 20.4. The molecule has 1 heterocycles. The normalized spacial score (nSPS) is 11.2. The molecule has 4 rings (SSSR count). The van der Waals surface area contributed by atoms with E-state index >= 15 is 0 Å². The molecule has 0 N–H and O–H groups in total. The second-order valence-corrected chi connectivity index (χ2v) is 8.49. The summed E-state index contributed by atoms with van der Waals surface area (Å²) in [5.41, 5.74) is 4.81. The van der Waals surface area contributed by atoms with Gasteiger partial charge in [-0.05, 0) is 71.3 Å². The van der Waals surface area contributed by atoms with E-state index < -0.39 is 0 Å². The van der Waals surface area contributed by atoms with Crippen LogP contribution in [0.2, 0.25) is 0 Å². The Morgan fingerprint density at radius 1 is 1.00 bits per heavy atom. The van der Waals surface area contributed by atoms with Gasteiger partial charge in [-0.15, -0.1) is 11.8 Å². The van der Waals surface area contributed by atoms with E-state index in [1.807, 2.05) is 36.6 Å². The van der Waals surface area contributed by atoms with Gasteiger partial charge < -0.3 is 4.74 Å². The molecular weight excluding hydrogens is 393 g/mol. The third kappa shape index (κ3) is 4.49. The summed E-state index contributed by atoms with van der Waals surface area (Å²) in [4.78, 5) is 5.77. The third-order valence-corrected chi connectivity index (χ3v) is 5.88. The predicted molar refractivity (Wildman–Crippen MR) is 124 cm³/mol. The molecule has 4 heteroatoms. The van der Waals surface area contributed by atoms with Gasteiger partial charge in [0.05, 0.1) is 5.52 Å². The van der Waals surface area contributed by atoms with Crippen LogP contribution in [0.5, 0.6) is 5.75 Å². The van der Waals surface area contributed by atoms with Crippen LogP contribution in [0, 0.1) is 5.82 Å². The molecule has 30 heavy (non-hydrogen) atoms. The van der Waals surface area contributed by atoms with Gasteiger partial charge in [-0.25, -0.2) is 4.39 Å². The highest BCUT2D eigenvalue weighted by Gasteiger charge is 2.12. The summed E-state index contributed by atoms with van der Waals surface area (Å²) in [5, 5.41) is 1.05. The smallest absolute Gasteiger partial charge is 0.127 e. The SMILES string of the molecule is CSc1ccc(COc2cc(F)cc(-c3cc(C(C)C)cc4cccnc34)c2)cc1. The molecule has 0 spiro atoms. The lowest BCUT2D eigenvalue weighted by atomic mass is 9.94. The summed E-state index contributed by atoms with van der Waals surface area (Å²) in [6.07, 6.45) is 3.82. The molecule has 4 aromatic rings. The van der Waals surface area contributed by atoms with Crippen LogP contribution in [-0.4, -0.2) is 11.2 Å². The summed E-state index contributed by atoms with van der Waals surface area (Å²) in [6.45, 7) is 4.70. The van der Waals surface area contributed by atoms with Gasteiger partial charge in [0.15, 0.2) is 0 Å². The van der Waals surface area contributed by atoms with Gasteiger partial charge in [0.1, 0.15) is 18.2 Å². The molecule has 0 saturated carbocycles. The first-order valence-electron chi connectivity index (χ1n) is 9.99. The predicted octanol–water partition coefficient (Wildman–Crippen LogP) is 7.47. The van der Waals surface area contributed by atoms with Crippen molar-refractivity contribution in [3.05, 3.63) is 89.9 Å². The molecule has 0 aliphatic heterocycles. The number of hydrogen-bond donors (Lipinski definition) is 0. The van der Waals surface area contributed by atoms with Crippen LogP contribution in [0.15, 0.2) is 77.8 Å². The minimum Gasteiger partial charge on any atom is -0.489 e. The van der Waals surface area contributed by atoms with E-state index in [9.17, 15) is 4.39 Å². The lowest BCUT2D eigenvalue weighted by Crippen LogP contribution is -1.97. The van der Waals surface area contributed by atoms with E-state index in [1.165, 1.54) is 16.5 Å². The van der Waals surface area contributed by atoms with Crippen LogP contribution in [0.25, 0.3) is 22.0 Å². The average molecular weight is 418 g/mol. The van der Waals surface area contributed by atoms with Crippen molar-refractivity contribution in [1.29, 1.82) is 0 Å². The van der Waals surface area contributed by atoms with Crippen molar-refractivity contribution in [3.63, 3.8) is 0 Å². The summed E-state index contributed by atoms with van der Waals surface area (Å²) < 4.78 is 20.4. The Morgan fingerprint density at radius 3 is 2.53 bits per heavy atom. The minimum atomic E-state index is -0.320. The van der Waals surface area contributed by atoms with Gasteiger partial charge >= 0.3 is 0 Å². The second kappa shape index (κ2) is 8.88. The number of benzene rings is 3. The van der Waals surface area contributed by atoms with E-state index in [2.05, 4.69) is 43.1 Å². The van der Waals surface area contributed by atoms with Gasteiger partial charge in [0, 0.05) is 28.1 Å². The molecule has 0 bridgehead atoms. The molecule has 0 amide bonds. The van der Waals surface area contributed by atoms with Gasteiger partial charge in [0.25, 0.3) is 0 Å². The molecule has 0 unspecified atom stereocenters. The van der Waals surface area contributed by atoms with Crippen molar-refractivity contribution < 1.29 is 9.13 Å². The molecule has 0 fully saturated rings. The zero-order valence-corrected chi connectivity index (χ0v) is 18.2. The number of pyridine rings is 1. The largest absolute Gasteiger partial charge is 0.489 e. The molecule has 152 valence electrons. The van der Waals surface area contributed by atoms with Crippen molar-refractivity contribution in [1.82, 2.24) is 4.98 Å². The monoisotopic (exact) mass is 417 g/mol. The number of fused-ring (bicyclic) bond motifs is 1. The van der Waals surface area contributed by atoms with E-state index in [-0.39, 0.29) is 5.82 Å². The maximum atomic E-state index is 14.5. The molecule has 0 radical (unpaired) electrons. The summed E-state index contributed by atoms with van der Waals surface area (Å²) in [7, 11) is 0. The molecule has 0 saturated heterocycles. The lowest BCUT2D eigenvalue weighted by molar-refractivity contribution is 0.304. The molecule has 1 aromatic heterocycles. The Labute approximate surface area is 181 Å². The third-order valence-electron chi connectivity index (χ3n) is 5.14. The number of halogens is 1. The molecule has 3 aromatic carbocycles. The molecule has 0 aliphatic rings. The molecular formula is C26H24FNOS. The second-order valence-electron chi connectivity index (χ2n) is 7.61. The Balaban J connectivity index is 1.69. The Morgan fingerprint density at radius 2 is 1.80 bits per heavy atom. The molecule has 2 nitrogen and oxygen atoms in total. The fraction of sp³-hybridized carbons (Fsp3) is 0.192. The zero-order chi connectivity index (χ0) is 21.1. The van der Waals surface area contributed by atoms with Gasteiger partial charge in [0.2, 0.25) is 0 Å². The Hall–Kier alpha value is -2.85. The van der Waals surface area contributed by atoms with E-state index in [0.29, 0.717) is 18.3 Å². The fourth-order valence-electron chi connectivity index (χ4n) is 3.46. The lowest BCUT2D eigenvalue weighted by Gasteiger charge is -2.14. The van der Waals surface area contributed by atoms with Crippen LogP contribution in [0.3, 0.4) is 0 Å². The van der Waals surface area contributed by atoms with Crippen LogP contribution < -0.4 is 4.74 Å². The molecule has 0 aliphatic carbocycles. The number of rotatable bonds is 6. The summed E-state index contributed by atoms with van der Waals surface area (Å²) in [5.74, 6) is 0.555. The van der Waals surface area contributed by atoms with E-state index in [4.69, 9.17) is 4.74 Å². The van der Waals surface area contributed by atoms with Gasteiger partial charge in [-0.1, -0.05) is 32.0 Å². The summed E-state index contributed by atoms with van der Waals surface area (Å²) in [6, 6.07) is 21.3. The Bertz CT molecular complexity index is 1170. The van der Waals surface area contributed by atoms with Crippen molar-refractivity contribution in [2.45, 2.75) is 31.3 Å². The van der Waals surface area contributed by atoms with Crippen LogP contribution in [0.4, 0.5) is 4.39 Å². The van der Waals surface area contributed by atoms with E-state index in [0.717, 1.165) is 27.6 Å². The summed E-state index contributed by atoms with van der Waals surface area (Å²) >= 11 is 1.70. The van der Waals surface area contributed by atoms with Crippen LogP contribution in [-0.2, 0) is 6.61 Å². The number of nitrogens with zero attached hydrogens (tertiary/aromatic N) is 1. The topological polar surface area (TPSA) is 22.1 Å². The molecule has 0 atom stereocenters. The quantitative estimate of drug-likeness (QED) is 0.304. The number of thioether (sulfide) groups is 1. The Kier molecular flexibility index (Phi) is 6.05. The van der Waals surface area contributed by atoms with E-state index in [1.54, 1.807) is 24.0 Å². The highest BCUT2D eigenvalue weighted by atomic mass is 32.2. The van der Waals surface area contributed by atoms with Crippen LogP contribution in [0.1, 0.15) is 30.9 Å². The number of ether oxygens (including phenoxy) is 1. The van der Waals surface area contributed by atoms with Crippen molar-refractivity contribution in [3.8, 4) is 16.9 Å². The standard InChI is InChI=1S/C26H24FNOS/c1-17(2)20-11-19-5-4-10-28-26(19)25(14-20)21-12-22(27)15-23(13-21)29-16-18-6-8-24(30-3)9-7-18/h4-15,17H,16H2,1-3H3. The zero-order valence-electron chi connectivity index (χ0n) is 17.4. The first-order valence-corrected chi connectivity index (χ1v) is 11.2.